The molecule has 308 valence electrons. The highest BCUT2D eigenvalue weighted by Gasteiger charge is 2.15. The summed E-state index contributed by atoms with van der Waals surface area (Å²) in [6.45, 7) is 15.5. The van der Waals surface area contributed by atoms with Gasteiger partial charge in [0.15, 0.2) is 10.9 Å². The average molecular weight is 799 g/mol. The second-order valence-electron chi connectivity index (χ2n) is 14.3. The number of H-pyrrole nitrogens is 2. The van der Waals surface area contributed by atoms with E-state index in [9.17, 15) is 19.2 Å². The van der Waals surface area contributed by atoms with Crippen molar-refractivity contribution < 1.29 is 24.2 Å². The summed E-state index contributed by atoms with van der Waals surface area (Å²) < 4.78 is 11.8. The Hall–Kier alpha value is -6.72. The van der Waals surface area contributed by atoms with Crippen LogP contribution in [0.1, 0.15) is 103 Å². The van der Waals surface area contributed by atoms with E-state index in [1.807, 2.05) is 127 Å². The smallest absolute Gasteiger partial charge is 0.335 e. The summed E-state index contributed by atoms with van der Waals surface area (Å²) in [6.07, 6.45) is -0.258. The number of amides is 1. The molecule has 2 atom stereocenters. The fourth-order valence-electron chi connectivity index (χ4n) is 6.41. The van der Waals surface area contributed by atoms with E-state index in [1.54, 1.807) is 37.3 Å². The first kappa shape index (κ1) is 45.0. The number of rotatable bonds is 11. The summed E-state index contributed by atoms with van der Waals surface area (Å²) in [5.41, 5.74) is 14.4. The maximum atomic E-state index is 12.6. The van der Waals surface area contributed by atoms with E-state index in [-0.39, 0.29) is 35.5 Å². The molecule has 1 amide bonds. The zero-order valence-electron chi connectivity index (χ0n) is 34.9. The number of carbonyl (C=O) groups excluding carboxylic acids is 1. The molecule has 59 heavy (non-hydrogen) atoms. The van der Waals surface area contributed by atoms with Crippen LogP contribution in [0.5, 0.6) is 11.5 Å². The molecule has 4 aromatic carbocycles. The average Bonchev–Trinajstić information content (AvgIpc) is 3.18. The van der Waals surface area contributed by atoms with Crippen molar-refractivity contribution >= 4 is 11.9 Å². The van der Waals surface area contributed by atoms with Crippen molar-refractivity contribution in [3.05, 3.63) is 197 Å². The number of aromatic nitrogens is 2. The Kier molecular flexibility index (Phi) is 16.1. The molecule has 6 rings (SSSR count). The van der Waals surface area contributed by atoms with Gasteiger partial charge in [0.05, 0.1) is 5.56 Å². The number of carboxylic acid groups (broad SMARTS) is 1. The van der Waals surface area contributed by atoms with E-state index in [2.05, 4.69) is 15.3 Å². The first-order valence-electron chi connectivity index (χ1n) is 19.3. The summed E-state index contributed by atoms with van der Waals surface area (Å²) in [6, 6.07) is 33.3. The van der Waals surface area contributed by atoms with Crippen LogP contribution in [0.3, 0.4) is 0 Å². The van der Waals surface area contributed by atoms with Gasteiger partial charge in [0.25, 0.3) is 5.91 Å². The van der Waals surface area contributed by atoms with Gasteiger partial charge in [-0.1, -0.05) is 60.7 Å². The minimum atomic E-state index is -0.902. The van der Waals surface area contributed by atoms with Crippen molar-refractivity contribution in [2.24, 2.45) is 5.73 Å². The Labute approximate surface area is 345 Å². The Morgan fingerprint density at radius 3 is 1.44 bits per heavy atom. The maximum Gasteiger partial charge on any atom is 0.335 e. The minimum absolute atomic E-state index is 0.0289. The second kappa shape index (κ2) is 21.2. The minimum Gasteiger partial charge on any atom is -0.486 e. The Bertz CT molecular complexity index is 2480. The lowest BCUT2D eigenvalue weighted by Crippen LogP contribution is -2.27. The monoisotopic (exact) mass is 798 g/mol. The molecule has 0 bridgehead atoms. The number of hydrogen-bond acceptors (Lipinski definition) is 7. The quantitative estimate of drug-likeness (QED) is 0.0865. The van der Waals surface area contributed by atoms with Crippen LogP contribution < -0.4 is 31.4 Å². The zero-order chi connectivity index (χ0) is 43.2. The number of hydrogen-bond donors (Lipinski definition) is 5. The highest BCUT2D eigenvalue weighted by atomic mass is 16.5. The zero-order valence-corrected chi connectivity index (χ0v) is 34.9. The van der Waals surface area contributed by atoms with E-state index >= 15 is 0 Å². The molecule has 11 nitrogen and oxygen atoms in total. The predicted molar refractivity (Wildman–Crippen MR) is 232 cm³/mol. The summed E-state index contributed by atoms with van der Waals surface area (Å²) in [7, 11) is 0. The number of nitrogens with two attached hydrogens (primary N) is 1. The number of benzene rings is 4. The number of aromatic carboxylic acids is 1. The van der Waals surface area contributed by atoms with Crippen LogP contribution in [0, 0.1) is 41.5 Å². The van der Waals surface area contributed by atoms with Crippen molar-refractivity contribution in [2.45, 2.75) is 80.7 Å². The van der Waals surface area contributed by atoms with Gasteiger partial charge in [-0.15, -0.1) is 0 Å². The van der Waals surface area contributed by atoms with Crippen LogP contribution in [0.15, 0.2) is 119 Å². The Morgan fingerprint density at radius 1 is 0.627 bits per heavy atom. The van der Waals surface area contributed by atoms with Crippen molar-refractivity contribution in [1.29, 1.82) is 0 Å². The van der Waals surface area contributed by atoms with E-state index in [0.29, 0.717) is 28.8 Å². The third kappa shape index (κ3) is 12.9. The fraction of sp³-hybridized carbons (Fsp3) is 0.250. The highest BCUT2D eigenvalue weighted by molar-refractivity contribution is 5.95. The molecule has 6 N–H and O–H groups in total. The van der Waals surface area contributed by atoms with Crippen LogP contribution in [0.25, 0.3) is 0 Å². The van der Waals surface area contributed by atoms with Crippen molar-refractivity contribution in [3.8, 4) is 11.5 Å². The van der Waals surface area contributed by atoms with E-state index < -0.39 is 5.97 Å². The van der Waals surface area contributed by atoms with Gasteiger partial charge in [0.1, 0.15) is 23.7 Å². The Balaban J connectivity index is 0.000000219. The Morgan fingerprint density at radius 2 is 1.05 bits per heavy atom. The molecule has 0 saturated carbocycles. The number of carboxylic acids is 1. The highest BCUT2D eigenvalue weighted by Crippen LogP contribution is 2.25. The van der Waals surface area contributed by atoms with E-state index in [1.165, 1.54) is 0 Å². The van der Waals surface area contributed by atoms with E-state index in [0.717, 1.165) is 56.5 Å². The standard InChI is InChI=1S/C24H26N2O3.C16H16O3.C8H12N2O/c1-15-12-19(18(4)29-20-8-6-5-7-9-20)10-11-21(15)24(28)25-14-22-17(3)26-16(2)13-23(22)27;1-11-10-13(8-9-15(11)16(17)18)12(2)19-14-6-4-3-5-7-14;1-5-3-8(11)7(4-9)6(2)10-5/h5-13,18H,14H2,1-4H3,(H,25,28)(H,26,27);3-10,12H,1-2H3,(H,17,18);3H,4,9H2,1-2H3,(H,10,11). The molecule has 2 heterocycles. The number of aryl methyl sites for hydroxylation is 6. The van der Waals surface area contributed by atoms with Gasteiger partial charge in [-0.3, -0.25) is 14.4 Å². The van der Waals surface area contributed by atoms with Gasteiger partial charge < -0.3 is 35.6 Å². The normalized spacial score (nSPS) is 11.5. The molecule has 0 saturated heterocycles. The summed E-state index contributed by atoms with van der Waals surface area (Å²) in [5, 5.41) is 11.9. The van der Waals surface area contributed by atoms with Crippen LogP contribution >= 0.6 is 0 Å². The third-order valence-corrected chi connectivity index (χ3v) is 9.62. The number of aromatic amines is 2. The number of para-hydroxylation sites is 2. The molecular weight excluding hydrogens is 745 g/mol. The lowest BCUT2D eigenvalue weighted by molar-refractivity contribution is 0.0695. The second-order valence-corrected chi connectivity index (χ2v) is 14.3. The van der Waals surface area contributed by atoms with Crippen molar-refractivity contribution in [3.63, 3.8) is 0 Å². The van der Waals surface area contributed by atoms with Gasteiger partial charge in [-0.2, -0.15) is 0 Å². The molecule has 0 spiro atoms. The van der Waals surface area contributed by atoms with Gasteiger partial charge in [0.2, 0.25) is 0 Å². The van der Waals surface area contributed by atoms with Gasteiger partial charge in [-0.25, -0.2) is 4.79 Å². The van der Waals surface area contributed by atoms with Crippen LogP contribution in [0.4, 0.5) is 0 Å². The van der Waals surface area contributed by atoms with Crippen LogP contribution in [0.2, 0.25) is 0 Å². The van der Waals surface area contributed by atoms with Gasteiger partial charge >= 0.3 is 5.97 Å². The molecule has 11 heteroatoms. The molecule has 0 aliphatic carbocycles. The fourth-order valence-corrected chi connectivity index (χ4v) is 6.41. The SMILES string of the molecule is Cc1cc(=O)c(CN)c(C)[nH]1.Cc1cc(=O)c(CNC(=O)c2ccc(C(C)Oc3ccccc3)cc2C)c(C)[nH]1.Cc1cc(C(C)Oc2ccccc2)ccc1C(=O)O. The topological polar surface area (TPSA) is 177 Å². The molecule has 0 aliphatic heterocycles. The van der Waals surface area contributed by atoms with Crippen molar-refractivity contribution in [1.82, 2.24) is 15.3 Å². The summed E-state index contributed by atoms with van der Waals surface area (Å²) in [4.78, 5) is 53.1. The lowest BCUT2D eigenvalue weighted by Gasteiger charge is -2.17. The number of nitrogens with one attached hydrogen (secondary N) is 3. The molecule has 2 aromatic heterocycles. The third-order valence-electron chi connectivity index (χ3n) is 9.62. The van der Waals surface area contributed by atoms with Gasteiger partial charge in [-0.05, 0) is 114 Å². The molecule has 0 fully saturated rings. The maximum absolute atomic E-state index is 12.6. The molecule has 6 aromatic rings. The van der Waals surface area contributed by atoms with Crippen LogP contribution in [-0.4, -0.2) is 27.0 Å². The van der Waals surface area contributed by atoms with Gasteiger partial charge in [0, 0.05) is 64.7 Å². The number of pyridine rings is 2. The molecule has 2 unspecified atom stereocenters. The van der Waals surface area contributed by atoms with Crippen LogP contribution in [-0.2, 0) is 13.1 Å². The largest absolute Gasteiger partial charge is 0.486 e. The summed E-state index contributed by atoms with van der Waals surface area (Å²) >= 11 is 0. The molecule has 0 radical (unpaired) electrons. The lowest BCUT2D eigenvalue weighted by atomic mass is 10.0. The predicted octanol–water partition coefficient (Wildman–Crippen LogP) is 8.65. The molecular formula is C48H54N4O7. The first-order valence-corrected chi connectivity index (χ1v) is 19.3. The molecule has 0 aliphatic rings. The van der Waals surface area contributed by atoms with E-state index in [4.69, 9.17) is 20.3 Å². The first-order chi connectivity index (χ1) is 28.1. The summed E-state index contributed by atoms with van der Waals surface area (Å²) in [5.74, 6) is 0.499. The number of carbonyl (C=O) groups is 2. The number of ether oxygens (including phenoxy) is 2. The van der Waals surface area contributed by atoms with Crippen molar-refractivity contribution in [2.75, 3.05) is 0 Å².